The van der Waals surface area contributed by atoms with Crippen LogP contribution >= 0.6 is 15.9 Å². The lowest BCUT2D eigenvalue weighted by Crippen LogP contribution is -2.21. The van der Waals surface area contributed by atoms with Crippen molar-refractivity contribution in [3.63, 3.8) is 0 Å². The topological polar surface area (TPSA) is 34.1 Å². The SMILES string of the molecule is Fc1cccc(NC2CCOc3ccc(Br)cc32)n1. The number of fused-ring (bicyclic) bond motifs is 1. The van der Waals surface area contributed by atoms with E-state index in [1.807, 2.05) is 18.2 Å². The molecule has 1 aromatic carbocycles. The fourth-order valence-corrected chi connectivity index (χ4v) is 2.56. The van der Waals surface area contributed by atoms with E-state index in [0.29, 0.717) is 12.4 Å². The van der Waals surface area contributed by atoms with Crippen LogP contribution < -0.4 is 10.1 Å². The molecule has 0 spiro atoms. The predicted molar refractivity (Wildman–Crippen MR) is 74.8 cm³/mol. The molecule has 3 rings (SSSR count). The van der Waals surface area contributed by atoms with Crippen molar-refractivity contribution in [2.24, 2.45) is 0 Å². The molecule has 1 aliphatic rings. The maximum absolute atomic E-state index is 13.1. The molecule has 98 valence electrons. The van der Waals surface area contributed by atoms with Gasteiger partial charge in [0.1, 0.15) is 11.6 Å². The summed E-state index contributed by atoms with van der Waals surface area (Å²) in [5, 5.41) is 3.25. The van der Waals surface area contributed by atoms with E-state index in [9.17, 15) is 4.39 Å². The molecule has 2 heterocycles. The average molecular weight is 323 g/mol. The molecule has 0 aliphatic carbocycles. The van der Waals surface area contributed by atoms with Crippen LogP contribution in [0.5, 0.6) is 5.75 Å². The summed E-state index contributed by atoms with van der Waals surface area (Å²) in [7, 11) is 0. The zero-order valence-electron chi connectivity index (χ0n) is 10.1. The third-order valence-corrected chi connectivity index (χ3v) is 3.54. The second kappa shape index (κ2) is 5.17. The van der Waals surface area contributed by atoms with Gasteiger partial charge in [0.15, 0.2) is 0 Å². The molecule has 19 heavy (non-hydrogen) atoms. The van der Waals surface area contributed by atoms with Crippen LogP contribution in [0.25, 0.3) is 0 Å². The van der Waals surface area contributed by atoms with Crippen molar-refractivity contribution in [1.29, 1.82) is 0 Å². The van der Waals surface area contributed by atoms with Crippen molar-refractivity contribution in [2.75, 3.05) is 11.9 Å². The Hall–Kier alpha value is -1.62. The summed E-state index contributed by atoms with van der Waals surface area (Å²) in [6, 6.07) is 10.7. The molecule has 2 aromatic rings. The highest BCUT2D eigenvalue weighted by Gasteiger charge is 2.21. The lowest BCUT2D eigenvalue weighted by molar-refractivity contribution is 0.274. The van der Waals surface area contributed by atoms with E-state index < -0.39 is 5.95 Å². The van der Waals surface area contributed by atoms with E-state index in [1.54, 1.807) is 12.1 Å². The summed E-state index contributed by atoms with van der Waals surface area (Å²) < 4.78 is 19.7. The summed E-state index contributed by atoms with van der Waals surface area (Å²) in [5.74, 6) is 0.924. The molecule has 1 atom stereocenters. The molecule has 1 N–H and O–H groups in total. The van der Waals surface area contributed by atoms with Gasteiger partial charge >= 0.3 is 0 Å². The van der Waals surface area contributed by atoms with Gasteiger partial charge in [-0.3, -0.25) is 0 Å². The highest BCUT2D eigenvalue weighted by atomic mass is 79.9. The van der Waals surface area contributed by atoms with Gasteiger partial charge in [-0.25, -0.2) is 4.98 Å². The molecule has 0 radical (unpaired) electrons. The number of aromatic nitrogens is 1. The number of rotatable bonds is 2. The summed E-state index contributed by atoms with van der Waals surface area (Å²) in [6.45, 7) is 0.640. The third kappa shape index (κ3) is 2.71. The molecule has 0 amide bonds. The Morgan fingerprint density at radius 3 is 3.05 bits per heavy atom. The first-order valence-electron chi connectivity index (χ1n) is 6.04. The minimum Gasteiger partial charge on any atom is -0.493 e. The van der Waals surface area contributed by atoms with E-state index in [2.05, 4.69) is 26.2 Å². The van der Waals surface area contributed by atoms with E-state index >= 15 is 0 Å². The fraction of sp³-hybridized carbons (Fsp3) is 0.214. The Morgan fingerprint density at radius 2 is 2.21 bits per heavy atom. The molecular formula is C14H12BrFN2O. The number of hydrogen-bond acceptors (Lipinski definition) is 3. The number of ether oxygens (including phenoxy) is 1. The van der Waals surface area contributed by atoms with Crippen LogP contribution in [-0.2, 0) is 0 Å². The molecular weight excluding hydrogens is 311 g/mol. The van der Waals surface area contributed by atoms with Crippen LogP contribution in [0.4, 0.5) is 10.2 Å². The molecule has 0 saturated heterocycles. The van der Waals surface area contributed by atoms with Crippen molar-refractivity contribution < 1.29 is 9.13 Å². The zero-order valence-corrected chi connectivity index (χ0v) is 11.7. The first-order valence-corrected chi connectivity index (χ1v) is 6.83. The minimum absolute atomic E-state index is 0.0792. The molecule has 5 heteroatoms. The second-order valence-corrected chi connectivity index (χ2v) is 5.28. The first kappa shape index (κ1) is 12.4. The van der Waals surface area contributed by atoms with Crippen molar-refractivity contribution in [2.45, 2.75) is 12.5 Å². The van der Waals surface area contributed by atoms with E-state index in [1.165, 1.54) is 6.07 Å². The van der Waals surface area contributed by atoms with Gasteiger partial charge < -0.3 is 10.1 Å². The number of anilines is 1. The summed E-state index contributed by atoms with van der Waals surface area (Å²) in [5.41, 5.74) is 1.06. The van der Waals surface area contributed by atoms with Gasteiger partial charge in [-0.2, -0.15) is 4.39 Å². The highest BCUT2D eigenvalue weighted by molar-refractivity contribution is 9.10. The molecule has 3 nitrogen and oxygen atoms in total. The van der Waals surface area contributed by atoms with Crippen LogP contribution in [-0.4, -0.2) is 11.6 Å². The smallest absolute Gasteiger partial charge is 0.214 e. The summed E-state index contributed by atoms with van der Waals surface area (Å²) in [6.07, 6.45) is 0.821. The second-order valence-electron chi connectivity index (χ2n) is 4.36. The van der Waals surface area contributed by atoms with Crippen molar-refractivity contribution in [1.82, 2.24) is 4.98 Å². The lowest BCUT2D eigenvalue weighted by Gasteiger charge is -2.27. The van der Waals surface area contributed by atoms with Crippen LogP contribution in [0.2, 0.25) is 0 Å². The van der Waals surface area contributed by atoms with Gasteiger partial charge in [0.25, 0.3) is 0 Å². The van der Waals surface area contributed by atoms with Crippen LogP contribution in [0.3, 0.4) is 0 Å². The van der Waals surface area contributed by atoms with E-state index in [4.69, 9.17) is 4.74 Å². The van der Waals surface area contributed by atoms with Gasteiger partial charge in [-0.15, -0.1) is 0 Å². The largest absolute Gasteiger partial charge is 0.493 e. The van der Waals surface area contributed by atoms with Gasteiger partial charge in [-0.05, 0) is 30.3 Å². The third-order valence-electron chi connectivity index (χ3n) is 3.05. The standard InChI is InChI=1S/C14H12BrFN2O/c15-9-4-5-12-10(8-9)11(6-7-19-12)17-14-3-1-2-13(16)18-14/h1-5,8,11H,6-7H2,(H,17,18). The van der Waals surface area contributed by atoms with Gasteiger partial charge in [0.05, 0.1) is 12.6 Å². The normalized spacial score (nSPS) is 17.5. The fourth-order valence-electron chi connectivity index (χ4n) is 2.18. The number of nitrogens with zero attached hydrogens (tertiary/aromatic N) is 1. The predicted octanol–water partition coefficient (Wildman–Crippen LogP) is 3.92. The van der Waals surface area contributed by atoms with Crippen LogP contribution in [0.1, 0.15) is 18.0 Å². The highest BCUT2D eigenvalue weighted by Crippen LogP contribution is 2.35. The van der Waals surface area contributed by atoms with Gasteiger partial charge in [-0.1, -0.05) is 22.0 Å². The molecule has 0 saturated carbocycles. The minimum atomic E-state index is -0.480. The molecule has 1 aromatic heterocycles. The quantitative estimate of drug-likeness (QED) is 0.851. The average Bonchev–Trinajstić information content (AvgIpc) is 2.39. The van der Waals surface area contributed by atoms with Crippen LogP contribution in [0, 0.1) is 5.95 Å². The van der Waals surface area contributed by atoms with E-state index in [-0.39, 0.29) is 6.04 Å². The van der Waals surface area contributed by atoms with Gasteiger partial charge in [0.2, 0.25) is 5.95 Å². The zero-order chi connectivity index (χ0) is 13.2. The lowest BCUT2D eigenvalue weighted by atomic mass is 10.0. The molecule has 1 aliphatic heterocycles. The maximum atomic E-state index is 13.1. The Morgan fingerprint density at radius 1 is 1.32 bits per heavy atom. The Balaban J connectivity index is 1.89. The number of pyridine rings is 1. The molecule has 1 unspecified atom stereocenters. The number of halogens is 2. The molecule has 0 bridgehead atoms. The number of nitrogens with one attached hydrogen (secondary N) is 1. The van der Waals surface area contributed by atoms with Crippen LogP contribution in [0.15, 0.2) is 40.9 Å². The Kier molecular flexibility index (Phi) is 3.38. The Bertz CT molecular complexity index is 606. The Labute approximate surface area is 118 Å². The van der Waals surface area contributed by atoms with Crippen molar-refractivity contribution in [3.05, 3.63) is 52.4 Å². The van der Waals surface area contributed by atoms with E-state index in [0.717, 1.165) is 22.2 Å². The van der Waals surface area contributed by atoms with Crippen molar-refractivity contribution in [3.8, 4) is 5.75 Å². The number of hydrogen-bond donors (Lipinski definition) is 1. The first-order chi connectivity index (χ1) is 9.22. The monoisotopic (exact) mass is 322 g/mol. The van der Waals surface area contributed by atoms with Gasteiger partial charge in [0, 0.05) is 16.5 Å². The van der Waals surface area contributed by atoms with Crippen molar-refractivity contribution >= 4 is 21.7 Å². The number of benzene rings is 1. The summed E-state index contributed by atoms with van der Waals surface area (Å²) in [4.78, 5) is 3.83. The molecule has 0 fully saturated rings. The maximum Gasteiger partial charge on any atom is 0.214 e. The summed E-state index contributed by atoms with van der Waals surface area (Å²) >= 11 is 3.46.